The van der Waals surface area contributed by atoms with E-state index in [1.165, 1.54) is 6.07 Å². The average Bonchev–Trinajstić information content (AvgIpc) is 2.86. The molecule has 0 saturated carbocycles. The van der Waals surface area contributed by atoms with E-state index in [0.717, 1.165) is 20.7 Å². The highest BCUT2D eigenvalue weighted by Crippen LogP contribution is 2.33. The van der Waals surface area contributed by atoms with Crippen LogP contribution in [-0.2, 0) is 0 Å². The molecule has 3 aromatic rings. The average molecular weight is 272 g/mol. The standard InChI is InChI=1S/C16H13FOS/c1-10-6-9-15(19-10)16(18)13-7-8-14(17)12-5-3-2-4-11(12)13/h2-9,16,18H,1H3/t16-/m0/s1. The number of aryl methyl sites for hydroxylation is 1. The van der Waals surface area contributed by atoms with Gasteiger partial charge in [0.25, 0.3) is 0 Å². The van der Waals surface area contributed by atoms with Gasteiger partial charge in [-0.2, -0.15) is 0 Å². The molecule has 1 N–H and O–H groups in total. The van der Waals surface area contributed by atoms with Gasteiger partial charge in [0.05, 0.1) is 0 Å². The Balaban J connectivity index is 2.18. The largest absolute Gasteiger partial charge is 0.383 e. The molecule has 0 unspecified atom stereocenters. The maximum absolute atomic E-state index is 13.8. The summed E-state index contributed by atoms with van der Waals surface area (Å²) in [4.78, 5) is 2.04. The minimum absolute atomic E-state index is 0.256. The number of halogens is 1. The number of hydrogen-bond acceptors (Lipinski definition) is 2. The lowest BCUT2D eigenvalue weighted by Crippen LogP contribution is -1.99. The lowest BCUT2D eigenvalue weighted by atomic mass is 9.99. The Hall–Kier alpha value is -1.71. The Labute approximate surface area is 115 Å². The molecule has 3 heteroatoms. The van der Waals surface area contributed by atoms with Crippen LogP contribution < -0.4 is 0 Å². The van der Waals surface area contributed by atoms with Crippen molar-refractivity contribution in [1.29, 1.82) is 0 Å². The lowest BCUT2D eigenvalue weighted by molar-refractivity contribution is 0.225. The molecular formula is C16H13FOS. The molecule has 3 rings (SSSR count). The molecule has 0 aliphatic rings. The lowest BCUT2D eigenvalue weighted by Gasteiger charge is -2.12. The highest BCUT2D eigenvalue weighted by Gasteiger charge is 2.16. The van der Waals surface area contributed by atoms with E-state index in [0.29, 0.717) is 5.39 Å². The Bertz CT molecular complexity index is 732. The normalized spacial score (nSPS) is 12.8. The number of rotatable bonds is 2. The SMILES string of the molecule is Cc1ccc([C@@H](O)c2ccc(F)c3ccccc23)s1. The number of thiophene rings is 1. The second-order valence-corrected chi connectivity index (χ2v) is 5.85. The van der Waals surface area contributed by atoms with Gasteiger partial charge < -0.3 is 5.11 Å². The molecule has 1 heterocycles. The molecule has 0 saturated heterocycles. The second kappa shape index (κ2) is 4.76. The summed E-state index contributed by atoms with van der Waals surface area (Å²) in [6.07, 6.45) is -0.704. The van der Waals surface area contributed by atoms with Crippen molar-refractivity contribution in [1.82, 2.24) is 0 Å². The van der Waals surface area contributed by atoms with Crippen LogP contribution in [0.5, 0.6) is 0 Å². The summed E-state index contributed by atoms with van der Waals surface area (Å²) < 4.78 is 13.8. The van der Waals surface area contributed by atoms with Crippen molar-refractivity contribution in [2.75, 3.05) is 0 Å². The fourth-order valence-electron chi connectivity index (χ4n) is 2.28. The third kappa shape index (κ3) is 2.15. The summed E-state index contributed by atoms with van der Waals surface area (Å²) in [6.45, 7) is 2.00. The third-order valence-electron chi connectivity index (χ3n) is 3.23. The third-order valence-corrected chi connectivity index (χ3v) is 4.28. The Kier molecular flexibility index (Phi) is 3.09. The molecule has 0 bridgehead atoms. The molecule has 96 valence electrons. The van der Waals surface area contributed by atoms with Crippen LogP contribution in [0.4, 0.5) is 4.39 Å². The minimum atomic E-state index is -0.704. The predicted molar refractivity (Wildman–Crippen MR) is 77.0 cm³/mol. The van der Waals surface area contributed by atoms with Crippen molar-refractivity contribution in [3.05, 3.63) is 69.7 Å². The van der Waals surface area contributed by atoms with Crippen molar-refractivity contribution in [3.63, 3.8) is 0 Å². The highest BCUT2D eigenvalue weighted by atomic mass is 32.1. The van der Waals surface area contributed by atoms with Crippen LogP contribution in [0.25, 0.3) is 10.8 Å². The quantitative estimate of drug-likeness (QED) is 0.731. The topological polar surface area (TPSA) is 20.2 Å². The first kappa shape index (κ1) is 12.3. The molecule has 1 atom stereocenters. The van der Waals surface area contributed by atoms with Crippen molar-refractivity contribution in [3.8, 4) is 0 Å². The molecule has 0 aliphatic heterocycles. The summed E-state index contributed by atoms with van der Waals surface area (Å²) >= 11 is 1.56. The first-order valence-corrected chi connectivity index (χ1v) is 6.90. The van der Waals surface area contributed by atoms with E-state index in [9.17, 15) is 9.50 Å². The van der Waals surface area contributed by atoms with Crippen LogP contribution in [0.2, 0.25) is 0 Å². The number of fused-ring (bicyclic) bond motifs is 1. The van der Waals surface area contributed by atoms with Gasteiger partial charge in [0, 0.05) is 15.1 Å². The second-order valence-electron chi connectivity index (χ2n) is 4.53. The van der Waals surface area contributed by atoms with Gasteiger partial charge in [-0.15, -0.1) is 11.3 Å². The first-order chi connectivity index (χ1) is 9.16. The molecule has 19 heavy (non-hydrogen) atoms. The number of hydrogen-bond donors (Lipinski definition) is 1. The van der Waals surface area contributed by atoms with Crippen molar-refractivity contribution in [2.45, 2.75) is 13.0 Å². The number of aliphatic hydroxyl groups is 1. The van der Waals surface area contributed by atoms with Crippen LogP contribution in [0, 0.1) is 12.7 Å². The zero-order chi connectivity index (χ0) is 13.4. The summed E-state index contributed by atoms with van der Waals surface area (Å²) in [5.41, 5.74) is 0.749. The molecule has 0 aliphatic carbocycles. The Morgan fingerprint density at radius 2 is 1.74 bits per heavy atom. The van der Waals surface area contributed by atoms with E-state index >= 15 is 0 Å². The molecule has 1 nitrogen and oxygen atoms in total. The molecule has 2 aromatic carbocycles. The zero-order valence-electron chi connectivity index (χ0n) is 10.4. The Morgan fingerprint density at radius 3 is 2.42 bits per heavy atom. The maximum atomic E-state index is 13.8. The highest BCUT2D eigenvalue weighted by molar-refractivity contribution is 7.12. The summed E-state index contributed by atoms with van der Waals surface area (Å²) in [6, 6.07) is 14.2. The summed E-state index contributed by atoms with van der Waals surface area (Å²) in [5, 5.41) is 11.8. The fraction of sp³-hybridized carbons (Fsp3) is 0.125. The van der Waals surface area contributed by atoms with E-state index in [-0.39, 0.29) is 5.82 Å². The van der Waals surface area contributed by atoms with Crippen LogP contribution in [0.1, 0.15) is 21.4 Å². The first-order valence-electron chi connectivity index (χ1n) is 6.08. The fourth-order valence-corrected chi connectivity index (χ4v) is 3.16. The zero-order valence-corrected chi connectivity index (χ0v) is 11.2. The van der Waals surface area contributed by atoms with Crippen LogP contribution in [0.3, 0.4) is 0 Å². The van der Waals surface area contributed by atoms with Gasteiger partial charge in [-0.3, -0.25) is 0 Å². The smallest absolute Gasteiger partial charge is 0.131 e. The van der Waals surface area contributed by atoms with Crippen LogP contribution in [-0.4, -0.2) is 5.11 Å². The van der Waals surface area contributed by atoms with Gasteiger partial charge in [-0.25, -0.2) is 4.39 Å². The number of aliphatic hydroxyl groups excluding tert-OH is 1. The Morgan fingerprint density at radius 1 is 1.00 bits per heavy atom. The molecule has 0 amide bonds. The summed E-state index contributed by atoms with van der Waals surface area (Å²) in [5.74, 6) is -0.256. The monoisotopic (exact) mass is 272 g/mol. The van der Waals surface area contributed by atoms with Crippen molar-refractivity contribution < 1.29 is 9.50 Å². The molecule has 1 aromatic heterocycles. The van der Waals surface area contributed by atoms with Crippen molar-refractivity contribution >= 4 is 22.1 Å². The molecule has 0 spiro atoms. The van der Waals surface area contributed by atoms with Gasteiger partial charge in [-0.1, -0.05) is 30.3 Å². The van der Waals surface area contributed by atoms with Gasteiger partial charge >= 0.3 is 0 Å². The molecule has 0 fully saturated rings. The van der Waals surface area contributed by atoms with Gasteiger partial charge in [0.1, 0.15) is 11.9 Å². The minimum Gasteiger partial charge on any atom is -0.383 e. The van der Waals surface area contributed by atoms with E-state index in [2.05, 4.69) is 0 Å². The molecule has 0 radical (unpaired) electrons. The van der Waals surface area contributed by atoms with E-state index < -0.39 is 6.10 Å². The number of benzene rings is 2. The predicted octanol–water partition coefficient (Wildman–Crippen LogP) is 4.43. The van der Waals surface area contributed by atoms with E-state index in [4.69, 9.17) is 0 Å². The maximum Gasteiger partial charge on any atom is 0.131 e. The van der Waals surface area contributed by atoms with E-state index in [1.807, 2.05) is 31.2 Å². The van der Waals surface area contributed by atoms with Crippen LogP contribution >= 0.6 is 11.3 Å². The van der Waals surface area contributed by atoms with Crippen molar-refractivity contribution in [2.24, 2.45) is 0 Å². The van der Waals surface area contributed by atoms with Gasteiger partial charge in [0.2, 0.25) is 0 Å². The van der Waals surface area contributed by atoms with E-state index in [1.54, 1.807) is 29.5 Å². The summed E-state index contributed by atoms with van der Waals surface area (Å²) in [7, 11) is 0. The van der Waals surface area contributed by atoms with Gasteiger partial charge in [-0.05, 0) is 36.1 Å². The van der Waals surface area contributed by atoms with Crippen LogP contribution in [0.15, 0.2) is 48.5 Å². The van der Waals surface area contributed by atoms with Gasteiger partial charge in [0.15, 0.2) is 0 Å². The molecular weight excluding hydrogens is 259 g/mol.